The summed E-state index contributed by atoms with van der Waals surface area (Å²) in [5, 5.41) is 11.2. The van der Waals surface area contributed by atoms with E-state index in [-0.39, 0.29) is 6.54 Å². The fraction of sp³-hybridized carbons (Fsp3) is 0.857. The molecule has 1 fully saturated rings. The molecule has 3 nitrogen and oxygen atoms in total. The molecule has 0 aromatic heterocycles. The minimum absolute atomic E-state index is 0.0928. The zero-order chi connectivity index (χ0) is 7.61. The van der Waals surface area contributed by atoms with Crippen molar-refractivity contribution < 1.29 is 9.90 Å². The number of nitrogens with one attached hydrogen (secondary N) is 1. The van der Waals surface area contributed by atoms with Gasteiger partial charge in [0.2, 0.25) is 0 Å². The molecule has 0 spiro atoms. The summed E-state index contributed by atoms with van der Waals surface area (Å²) in [6.45, 7) is 3.11. The van der Waals surface area contributed by atoms with Crippen LogP contribution >= 0.6 is 0 Å². The summed E-state index contributed by atoms with van der Waals surface area (Å²) in [6, 6.07) is 0. The third-order valence-corrected chi connectivity index (χ3v) is 1.93. The Morgan fingerprint density at radius 2 is 2.30 bits per heavy atom. The molecular weight excluding hydrogens is 130 g/mol. The molecule has 10 heavy (non-hydrogen) atoms. The molecule has 0 saturated heterocycles. The van der Waals surface area contributed by atoms with Crippen molar-refractivity contribution in [2.24, 2.45) is 5.41 Å². The first-order valence-electron chi connectivity index (χ1n) is 3.55. The molecule has 1 saturated carbocycles. The van der Waals surface area contributed by atoms with Crippen LogP contribution in [0.2, 0.25) is 0 Å². The van der Waals surface area contributed by atoms with Crippen LogP contribution in [0.4, 0.5) is 0 Å². The predicted molar refractivity (Wildman–Crippen MR) is 37.8 cm³/mol. The van der Waals surface area contributed by atoms with Crippen LogP contribution in [0.3, 0.4) is 0 Å². The highest BCUT2D eigenvalue weighted by molar-refractivity contribution is 5.68. The lowest BCUT2D eigenvalue weighted by Gasteiger charge is -2.06. The summed E-state index contributed by atoms with van der Waals surface area (Å²) in [7, 11) is 0. The van der Waals surface area contributed by atoms with Gasteiger partial charge in [-0.25, -0.2) is 0 Å². The van der Waals surface area contributed by atoms with Crippen LogP contribution in [0.15, 0.2) is 0 Å². The van der Waals surface area contributed by atoms with Crippen LogP contribution in [-0.4, -0.2) is 24.2 Å². The zero-order valence-corrected chi connectivity index (χ0v) is 6.18. The number of aliphatic carboxylic acids is 1. The van der Waals surface area contributed by atoms with Crippen LogP contribution in [0.1, 0.15) is 19.8 Å². The molecule has 1 aliphatic rings. The van der Waals surface area contributed by atoms with E-state index in [0.29, 0.717) is 5.41 Å². The van der Waals surface area contributed by atoms with E-state index in [1.165, 1.54) is 12.8 Å². The van der Waals surface area contributed by atoms with Crippen molar-refractivity contribution in [1.29, 1.82) is 0 Å². The van der Waals surface area contributed by atoms with E-state index in [4.69, 9.17) is 5.11 Å². The molecule has 0 atom stereocenters. The van der Waals surface area contributed by atoms with Crippen molar-refractivity contribution in [2.75, 3.05) is 13.1 Å². The van der Waals surface area contributed by atoms with Gasteiger partial charge < -0.3 is 10.4 Å². The lowest BCUT2D eigenvalue weighted by atomic mass is 10.1. The normalized spacial score (nSPS) is 20.5. The van der Waals surface area contributed by atoms with Crippen LogP contribution < -0.4 is 5.32 Å². The summed E-state index contributed by atoms with van der Waals surface area (Å²) in [4.78, 5) is 10.0. The monoisotopic (exact) mass is 143 g/mol. The van der Waals surface area contributed by atoms with Crippen molar-refractivity contribution in [3.63, 3.8) is 0 Å². The lowest BCUT2D eigenvalue weighted by molar-refractivity contribution is -0.136. The maximum atomic E-state index is 10.0. The van der Waals surface area contributed by atoms with E-state index < -0.39 is 5.97 Å². The van der Waals surface area contributed by atoms with Gasteiger partial charge in [-0.05, 0) is 18.3 Å². The van der Waals surface area contributed by atoms with E-state index in [2.05, 4.69) is 12.2 Å². The minimum atomic E-state index is -0.774. The smallest absolute Gasteiger partial charge is 0.317 e. The molecule has 0 aromatic carbocycles. The van der Waals surface area contributed by atoms with Crippen molar-refractivity contribution >= 4 is 5.97 Å². The van der Waals surface area contributed by atoms with Crippen molar-refractivity contribution in [2.45, 2.75) is 19.8 Å². The summed E-state index contributed by atoms with van der Waals surface area (Å²) >= 11 is 0. The molecule has 1 rings (SSSR count). The van der Waals surface area contributed by atoms with Crippen LogP contribution in [-0.2, 0) is 4.79 Å². The highest BCUT2D eigenvalue weighted by Gasteiger charge is 2.36. The first-order chi connectivity index (χ1) is 4.62. The molecule has 3 heteroatoms. The number of carboxylic acid groups (broad SMARTS) is 1. The Hall–Kier alpha value is -0.570. The first-order valence-corrected chi connectivity index (χ1v) is 3.55. The van der Waals surface area contributed by atoms with Gasteiger partial charge in [0.25, 0.3) is 0 Å². The van der Waals surface area contributed by atoms with E-state index >= 15 is 0 Å². The Balaban J connectivity index is 2.00. The van der Waals surface area contributed by atoms with Crippen molar-refractivity contribution in [1.82, 2.24) is 5.32 Å². The molecule has 0 aliphatic heterocycles. The molecule has 0 heterocycles. The molecule has 0 unspecified atom stereocenters. The molecule has 58 valence electrons. The van der Waals surface area contributed by atoms with E-state index in [0.717, 1.165) is 6.54 Å². The third kappa shape index (κ3) is 2.35. The Kier molecular flexibility index (Phi) is 1.94. The molecule has 0 radical (unpaired) electrons. The fourth-order valence-electron chi connectivity index (χ4n) is 0.861. The van der Waals surface area contributed by atoms with E-state index in [9.17, 15) is 4.79 Å². The predicted octanol–water partition coefficient (Wildman–Crippen LogP) is 0.461. The summed E-state index contributed by atoms with van der Waals surface area (Å²) in [5.41, 5.74) is 0.412. The van der Waals surface area contributed by atoms with E-state index in [1.807, 2.05) is 0 Å². The number of rotatable bonds is 4. The fourth-order valence-corrected chi connectivity index (χ4v) is 0.861. The van der Waals surface area contributed by atoms with Gasteiger partial charge in [0.1, 0.15) is 0 Å². The number of hydrogen-bond donors (Lipinski definition) is 2. The molecule has 0 aromatic rings. The van der Waals surface area contributed by atoms with Gasteiger partial charge in [-0.3, -0.25) is 4.79 Å². The zero-order valence-electron chi connectivity index (χ0n) is 6.18. The minimum Gasteiger partial charge on any atom is -0.480 e. The quantitative estimate of drug-likeness (QED) is 0.601. The maximum Gasteiger partial charge on any atom is 0.317 e. The molecule has 0 bridgehead atoms. The number of hydrogen-bond acceptors (Lipinski definition) is 2. The van der Waals surface area contributed by atoms with Gasteiger partial charge >= 0.3 is 5.97 Å². The Morgan fingerprint density at radius 1 is 1.70 bits per heavy atom. The molecule has 1 aliphatic carbocycles. The van der Waals surface area contributed by atoms with Gasteiger partial charge in [-0.15, -0.1) is 0 Å². The average molecular weight is 143 g/mol. The Bertz CT molecular complexity index is 141. The number of carboxylic acids is 1. The number of carbonyl (C=O) groups is 1. The highest BCUT2D eigenvalue weighted by atomic mass is 16.4. The standard InChI is InChI=1S/C7H13NO2/c1-7(2-3-7)5-8-4-6(9)10/h8H,2-5H2,1H3,(H,9,10). The maximum absolute atomic E-state index is 10.0. The van der Waals surface area contributed by atoms with Crippen LogP contribution in [0.25, 0.3) is 0 Å². The molecule has 0 amide bonds. The summed E-state index contributed by atoms with van der Waals surface area (Å²) in [5.74, 6) is -0.774. The van der Waals surface area contributed by atoms with Gasteiger partial charge in [0.15, 0.2) is 0 Å². The second-order valence-electron chi connectivity index (χ2n) is 3.31. The van der Waals surface area contributed by atoms with Crippen molar-refractivity contribution in [3.05, 3.63) is 0 Å². The Labute approximate surface area is 60.4 Å². The van der Waals surface area contributed by atoms with Crippen LogP contribution in [0.5, 0.6) is 0 Å². The average Bonchev–Trinajstić information content (AvgIpc) is 2.47. The van der Waals surface area contributed by atoms with Gasteiger partial charge in [-0.1, -0.05) is 6.92 Å². The Morgan fingerprint density at radius 3 is 2.70 bits per heavy atom. The second-order valence-corrected chi connectivity index (χ2v) is 3.31. The third-order valence-electron chi connectivity index (χ3n) is 1.93. The highest BCUT2D eigenvalue weighted by Crippen LogP contribution is 2.43. The lowest BCUT2D eigenvalue weighted by Crippen LogP contribution is -2.27. The molecule has 2 N–H and O–H groups in total. The van der Waals surface area contributed by atoms with Crippen LogP contribution in [0, 0.1) is 5.41 Å². The first kappa shape index (κ1) is 7.54. The van der Waals surface area contributed by atoms with Gasteiger partial charge in [0.05, 0.1) is 6.54 Å². The molecular formula is C7H13NO2. The summed E-state index contributed by atoms with van der Waals surface area (Å²) in [6.07, 6.45) is 2.47. The van der Waals surface area contributed by atoms with Gasteiger partial charge in [-0.2, -0.15) is 0 Å². The SMILES string of the molecule is CC1(CNCC(=O)O)CC1. The largest absolute Gasteiger partial charge is 0.480 e. The van der Waals surface area contributed by atoms with Crippen molar-refractivity contribution in [3.8, 4) is 0 Å². The summed E-state index contributed by atoms with van der Waals surface area (Å²) < 4.78 is 0. The van der Waals surface area contributed by atoms with E-state index in [1.54, 1.807) is 0 Å². The topological polar surface area (TPSA) is 49.3 Å². The second kappa shape index (κ2) is 2.58. The van der Waals surface area contributed by atoms with Gasteiger partial charge in [0, 0.05) is 6.54 Å².